The average molecular weight is 203 g/mol. The third-order valence-electron chi connectivity index (χ3n) is 2.34. The maximum Gasteiger partial charge on any atom is 0.0328 e. The highest BCUT2D eigenvalue weighted by molar-refractivity contribution is 7.59. The van der Waals surface area contributed by atoms with E-state index in [0.717, 1.165) is 5.66 Å². The predicted octanol–water partition coefficient (Wildman–Crippen LogP) is 3.63. The summed E-state index contributed by atoms with van der Waals surface area (Å²) in [5.41, 5.74) is 1.01. The lowest BCUT2D eigenvalue weighted by Gasteiger charge is -2.41. The van der Waals surface area contributed by atoms with Gasteiger partial charge in [-0.1, -0.05) is 21.8 Å². The molecule has 0 aromatic rings. The maximum absolute atomic E-state index is 3.71. The van der Waals surface area contributed by atoms with Crippen LogP contribution in [-0.4, -0.2) is 23.1 Å². The minimum absolute atomic E-state index is 0.0417. The lowest BCUT2D eigenvalue weighted by Crippen LogP contribution is -2.49. The molecule has 1 nitrogen and oxygen atoms in total. The van der Waals surface area contributed by atoms with Crippen LogP contribution in [0.4, 0.5) is 0 Å². The largest absolute Gasteiger partial charge is 0.303 e. The van der Waals surface area contributed by atoms with Gasteiger partial charge >= 0.3 is 0 Å². The first-order valence-electron chi connectivity index (χ1n) is 5.08. The Bertz CT molecular complexity index is 156. The first kappa shape index (κ1) is 13.4. The SMILES string of the molecule is CC(C)P(C)C(C)(C)NC(C)(C)C. The highest BCUT2D eigenvalue weighted by Crippen LogP contribution is 2.49. The van der Waals surface area contributed by atoms with Crippen LogP contribution in [0.1, 0.15) is 48.5 Å². The summed E-state index contributed by atoms with van der Waals surface area (Å²) in [7, 11) is 0.0417. The van der Waals surface area contributed by atoms with Gasteiger partial charge < -0.3 is 5.32 Å². The van der Waals surface area contributed by atoms with Crippen molar-refractivity contribution in [2.24, 2.45) is 0 Å². The molecule has 0 saturated heterocycles. The third kappa shape index (κ3) is 4.98. The van der Waals surface area contributed by atoms with Crippen molar-refractivity contribution in [1.82, 2.24) is 5.32 Å². The Morgan fingerprint density at radius 2 is 1.38 bits per heavy atom. The first-order valence-corrected chi connectivity index (χ1v) is 6.94. The lowest BCUT2D eigenvalue weighted by atomic mass is 10.1. The van der Waals surface area contributed by atoms with E-state index in [9.17, 15) is 0 Å². The number of rotatable bonds is 3. The van der Waals surface area contributed by atoms with Crippen LogP contribution in [0.2, 0.25) is 0 Å². The van der Waals surface area contributed by atoms with Gasteiger partial charge in [-0.3, -0.25) is 0 Å². The fourth-order valence-corrected chi connectivity index (χ4v) is 3.45. The van der Waals surface area contributed by atoms with E-state index in [2.05, 4.69) is 60.4 Å². The van der Waals surface area contributed by atoms with E-state index >= 15 is 0 Å². The van der Waals surface area contributed by atoms with E-state index in [0.29, 0.717) is 0 Å². The van der Waals surface area contributed by atoms with Crippen LogP contribution in [0.25, 0.3) is 0 Å². The molecular weight excluding hydrogens is 177 g/mol. The molecule has 80 valence electrons. The van der Waals surface area contributed by atoms with E-state index in [1.807, 2.05) is 0 Å². The summed E-state index contributed by atoms with van der Waals surface area (Å²) in [6.45, 7) is 18.4. The molecule has 1 atom stereocenters. The summed E-state index contributed by atoms with van der Waals surface area (Å²) < 4.78 is 0. The van der Waals surface area contributed by atoms with Crippen LogP contribution in [0.5, 0.6) is 0 Å². The van der Waals surface area contributed by atoms with Crippen molar-refractivity contribution in [3.63, 3.8) is 0 Å². The van der Waals surface area contributed by atoms with E-state index in [1.165, 1.54) is 0 Å². The van der Waals surface area contributed by atoms with Gasteiger partial charge in [0.1, 0.15) is 0 Å². The molecule has 0 fully saturated rings. The molecular formula is C11H26NP. The van der Waals surface area contributed by atoms with Crippen LogP contribution in [0.15, 0.2) is 0 Å². The Kier molecular flexibility index (Phi) is 4.40. The molecule has 1 unspecified atom stereocenters. The Hall–Kier alpha value is 0.390. The minimum Gasteiger partial charge on any atom is -0.303 e. The molecule has 0 aromatic carbocycles. The third-order valence-corrected chi connectivity index (χ3v) is 5.76. The Labute approximate surface area is 85.4 Å². The zero-order chi connectivity index (χ0) is 10.9. The molecule has 2 heteroatoms. The van der Waals surface area contributed by atoms with Crippen molar-refractivity contribution in [2.45, 2.75) is 64.9 Å². The quantitative estimate of drug-likeness (QED) is 0.691. The summed E-state index contributed by atoms with van der Waals surface area (Å²) in [6, 6.07) is 0. The zero-order valence-corrected chi connectivity index (χ0v) is 11.4. The van der Waals surface area contributed by atoms with Gasteiger partial charge in [0.2, 0.25) is 0 Å². The van der Waals surface area contributed by atoms with Gasteiger partial charge in [-0.2, -0.15) is 0 Å². The van der Waals surface area contributed by atoms with Crippen molar-refractivity contribution in [3.05, 3.63) is 0 Å². The zero-order valence-electron chi connectivity index (χ0n) is 10.5. The van der Waals surface area contributed by atoms with Crippen molar-refractivity contribution < 1.29 is 0 Å². The van der Waals surface area contributed by atoms with E-state index in [-0.39, 0.29) is 18.7 Å². The number of nitrogens with one attached hydrogen (secondary N) is 1. The van der Waals surface area contributed by atoms with Crippen LogP contribution in [0, 0.1) is 0 Å². The van der Waals surface area contributed by atoms with Gasteiger partial charge in [-0.05, 0) is 46.9 Å². The van der Waals surface area contributed by atoms with Crippen molar-refractivity contribution in [1.29, 1.82) is 0 Å². The molecule has 0 heterocycles. The van der Waals surface area contributed by atoms with Gasteiger partial charge in [0, 0.05) is 10.8 Å². The van der Waals surface area contributed by atoms with Crippen molar-refractivity contribution >= 4 is 7.92 Å². The minimum atomic E-state index is 0.0417. The Balaban J connectivity index is 4.39. The fraction of sp³-hybridized carbons (Fsp3) is 1.00. The summed E-state index contributed by atoms with van der Waals surface area (Å²) in [4.78, 5) is 0. The molecule has 0 aromatic heterocycles. The molecule has 0 rings (SSSR count). The summed E-state index contributed by atoms with van der Waals surface area (Å²) >= 11 is 0. The smallest absolute Gasteiger partial charge is 0.0328 e. The maximum atomic E-state index is 3.71. The van der Waals surface area contributed by atoms with E-state index in [4.69, 9.17) is 0 Å². The second-order valence-electron chi connectivity index (χ2n) is 5.64. The normalized spacial score (nSPS) is 16.4. The standard InChI is InChI=1S/C11H26NP/c1-9(2)13(8)11(6,7)12-10(3,4)5/h9,12H,1-8H3. The summed E-state index contributed by atoms with van der Waals surface area (Å²) in [5.74, 6) is 0. The van der Waals surface area contributed by atoms with Crippen LogP contribution in [0.3, 0.4) is 0 Å². The molecule has 0 radical (unpaired) electrons. The molecule has 13 heavy (non-hydrogen) atoms. The topological polar surface area (TPSA) is 12.0 Å². The van der Waals surface area contributed by atoms with E-state index in [1.54, 1.807) is 0 Å². The van der Waals surface area contributed by atoms with Gasteiger partial charge in [-0.25, -0.2) is 0 Å². The highest BCUT2D eigenvalue weighted by Gasteiger charge is 2.30. The average Bonchev–Trinajstić information content (AvgIpc) is 1.80. The fourth-order valence-electron chi connectivity index (χ4n) is 1.65. The van der Waals surface area contributed by atoms with E-state index < -0.39 is 0 Å². The molecule has 0 saturated carbocycles. The van der Waals surface area contributed by atoms with Crippen LogP contribution in [-0.2, 0) is 0 Å². The molecule has 1 N–H and O–H groups in total. The van der Waals surface area contributed by atoms with Gasteiger partial charge in [0.25, 0.3) is 0 Å². The Morgan fingerprint density at radius 1 is 1.00 bits per heavy atom. The molecule has 0 aliphatic carbocycles. The molecule has 0 bridgehead atoms. The second kappa shape index (κ2) is 4.28. The summed E-state index contributed by atoms with van der Waals surface area (Å²) in [6.07, 6.45) is 0. The molecule has 0 aliphatic heterocycles. The monoisotopic (exact) mass is 203 g/mol. The molecule has 0 amide bonds. The van der Waals surface area contributed by atoms with Crippen LogP contribution >= 0.6 is 7.92 Å². The molecule has 0 aliphatic rings. The number of hydrogen-bond donors (Lipinski definition) is 1. The van der Waals surface area contributed by atoms with Gasteiger partial charge in [-0.15, -0.1) is 0 Å². The van der Waals surface area contributed by atoms with Crippen molar-refractivity contribution in [3.8, 4) is 0 Å². The predicted molar refractivity (Wildman–Crippen MR) is 64.9 cm³/mol. The molecule has 0 spiro atoms. The van der Waals surface area contributed by atoms with Crippen molar-refractivity contribution in [2.75, 3.05) is 6.66 Å². The van der Waals surface area contributed by atoms with Crippen LogP contribution < -0.4 is 5.32 Å². The van der Waals surface area contributed by atoms with Gasteiger partial charge in [0.15, 0.2) is 0 Å². The van der Waals surface area contributed by atoms with Gasteiger partial charge in [0.05, 0.1) is 0 Å². The second-order valence-corrected chi connectivity index (χ2v) is 9.01. The first-order chi connectivity index (χ1) is 5.56. The Morgan fingerprint density at radius 3 is 1.62 bits per heavy atom. The number of hydrogen-bond acceptors (Lipinski definition) is 1. The highest BCUT2D eigenvalue weighted by atomic mass is 31.1. The lowest BCUT2D eigenvalue weighted by molar-refractivity contribution is 0.358. The summed E-state index contributed by atoms with van der Waals surface area (Å²) in [5, 5.41) is 3.98.